The van der Waals surface area contributed by atoms with Gasteiger partial charge in [0.25, 0.3) is 0 Å². The molecule has 3 heterocycles. The highest BCUT2D eigenvalue weighted by atomic mass is 16.5. The van der Waals surface area contributed by atoms with Gasteiger partial charge in [-0.15, -0.1) is 0 Å². The molecule has 0 bridgehead atoms. The maximum atomic E-state index is 5.93. The molecule has 8 nitrogen and oxygen atoms in total. The lowest BCUT2D eigenvalue weighted by Crippen LogP contribution is -2.51. The Bertz CT molecular complexity index is 580. The predicted molar refractivity (Wildman–Crippen MR) is 103 cm³/mol. The molecule has 8 heteroatoms. The summed E-state index contributed by atoms with van der Waals surface area (Å²) in [7, 11) is 3.79. The quantitative estimate of drug-likeness (QED) is 0.587. The zero-order valence-corrected chi connectivity index (χ0v) is 16.4. The molecule has 0 amide bonds. The van der Waals surface area contributed by atoms with Crippen LogP contribution < -0.4 is 5.32 Å². The van der Waals surface area contributed by atoms with E-state index < -0.39 is 0 Å². The fourth-order valence-corrected chi connectivity index (χ4v) is 3.64. The van der Waals surface area contributed by atoms with E-state index in [0.29, 0.717) is 6.61 Å². The third kappa shape index (κ3) is 4.96. The molecule has 1 N–H and O–H groups in total. The third-order valence-electron chi connectivity index (χ3n) is 5.30. The summed E-state index contributed by atoms with van der Waals surface area (Å²) in [6.07, 6.45) is 3.97. The van der Waals surface area contributed by atoms with Gasteiger partial charge in [0.05, 0.1) is 19.3 Å². The molecule has 2 aliphatic rings. The van der Waals surface area contributed by atoms with Crippen LogP contribution in [-0.4, -0.2) is 103 Å². The molecule has 26 heavy (non-hydrogen) atoms. The average molecular weight is 364 g/mol. The molecule has 2 fully saturated rings. The van der Waals surface area contributed by atoms with Gasteiger partial charge in [-0.3, -0.25) is 14.6 Å². The smallest absolute Gasteiger partial charge is 0.193 e. The van der Waals surface area contributed by atoms with Crippen molar-refractivity contribution in [2.24, 2.45) is 12.0 Å². The molecule has 1 aromatic heterocycles. The van der Waals surface area contributed by atoms with E-state index in [2.05, 4.69) is 37.0 Å². The molecule has 2 saturated heterocycles. The van der Waals surface area contributed by atoms with Crippen LogP contribution in [0.2, 0.25) is 0 Å². The first-order valence-corrected chi connectivity index (χ1v) is 9.70. The summed E-state index contributed by atoms with van der Waals surface area (Å²) < 4.78 is 7.75. The molecule has 2 aliphatic heterocycles. The van der Waals surface area contributed by atoms with Crippen molar-refractivity contribution in [3.63, 3.8) is 0 Å². The number of aliphatic imine (C=N–C) groups is 1. The Morgan fingerprint density at radius 1 is 1.27 bits per heavy atom. The normalized spacial score (nSPS) is 23.4. The van der Waals surface area contributed by atoms with Crippen LogP contribution in [0.25, 0.3) is 0 Å². The van der Waals surface area contributed by atoms with Gasteiger partial charge >= 0.3 is 0 Å². The highest BCUT2D eigenvalue weighted by molar-refractivity contribution is 5.80. The highest BCUT2D eigenvalue weighted by Crippen LogP contribution is 2.21. The van der Waals surface area contributed by atoms with E-state index in [-0.39, 0.29) is 6.10 Å². The lowest BCUT2D eigenvalue weighted by Gasteiger charge is -2.36. The minimum atomic E-state index is 0.0538. The van der Waals surface area contributed by atoms with Crippen molar-refractivity contribution in [3.8, 4) is 0 Å². The van der Waals surface area contributed by atoms with Gasteiger partial charge in [-0.05, 0) is 6.54 Å². The Balaban J connectivity index is 1.45. The molecule has 146 valence electrons. The number of guanidine groups is 1. The molecule has 0 spiro atoms. The zero-order chi connectivity index (χ0) is 18.4. The van der Waals surface area contributed by atoms with E-state index in [9.17, 15) is 0 Å². The summed E-state index contributed by atoms with van der Waals surface area (Å²) in [5.41, 5.74) is 1.13. The second-order valence-corrected chi connectivity index (χ2v) is 7.00. The number of hydrogen-bond donors (Lipinski definition) is 1. The number of likely N-dealkylation sites (N-methyl/N-ethyl adjacent to an activating group) is 1. The first kappa shape index (κ1) is 19.1. The van der Waals surface area contributed by atoms with E-state index in [1.807, 2.05) is 31.2 Å². The second-order valence-electron chi connectivity index (χ2n) is 7.00. The number of piperazine rings is 1. The number of ether oxygens (including phenoxy) is 1. The van der Waals surface area contributed by atoms with Gasteiger partial charge in [0.1, 0.15) is 6.10 Å². The first-order chi connectivity index (χ1) is 12.7. The molecule has 0 saturated carbocycles. The van der Waals surface area contributed by atoms with E-state index in [0.717, 1.165) is 57.3 Å². The van der Waals surface area contributed by atoms with Crippen molar-refractivity contribution in [1.82, 2.24) is 29.8 Å². The summed E-state index contributed by atoms with van der Waals surface area (Å²) in [6.45, 7) is 12.5. The van der Waals surface area contributed by atoms with Crippen LogP contribution >= 0.6 is 0 Å². The van der Waals surface area contributed by atoms with Crippen LogP contribution in [0.3, 0.4) is 0 Å². The number of morpholine rings is 1. The van der Waals surface area contributed by atoms with Gasteiger partial charge in [-0.2, -0.15) is 5.10 Å². The van der Waals surface area contributed by atoms with Crippen molar-refractivity contribution in [2.45, 2.75) is 13.0 Å². The maximum Gasteiger partial charge on any atom is 0.193 e. The Labute approximate surface area is 156 Å². The van der Waals surface area contributed by atoms with Crippen LogP contribution in [0.15, 0.2) is 17.4 Å². The average Bonchev–Trinajstić information content (AvgIpc) is 3.12. The van der Waals surface area contributed by atoms with Crippen molar-refractivity contribution < 1.29 is 4.74 Å². The number of hydrogen-bond acceptors (Lipinski definition) is 5. The Kier molecular flexibility index (Phi) is 6.87. The van der Waals surface area contributed by atoms with Crippen LogP contribution in [0, 0.1) is 0 Å². The Morgan fingerprint density at radius 2 is 2.04 bits per heavy atom. The van der Waals surface area contributed by atoms with Crippen LogP contribution in [-0.2, 0) is 11.8 Å². The molecule has 0 aliphatic carbocycles. The first-order valence-electron chi connectivity index (χ1n) is 9.70. The minimum absolute atomic E-state index is 0.0538. The molecule has 0 radical (unpaired) electrons. The molecule has 1 atom stereocenters. The molecule has 1 unspecified atom stereocenters. The van der Waals surface area contributed by atoms with Crippen molar-refractivity contribution in [1.29, 1.82) is 0 Å². The van der Waals surface area contributed by atoms with E-state index in [1.165, 1.54) is 13.1 Å². The molecular formula is C18H33N7O. The number of aryl methyl sites for hydroxylation is 1. The standard InChI is InChI=1S/C18H33N7O/c1-4-23-7-9-24(10-8-23)6-5-20-18(19-2)25-11-12-26-17(15-25)16-13-21-22(3)14-16/h13-14,17H,4-12,15H2,1-3H3,(H,19,20). The van der Waals surface area contributed by atoms with Gasteiger partial charge in [-0.1, -0.05) is 6.92 Å². The van der Waals surface area contributed by atoms with Crippen LogP contribution in [0.4, 0.5) is 0 Å². The number of aromatic nitrogens is 2. The van der Waals surface area contributed by atoms with E-state index in [1.54, 1.807) is 0 Å². The van der Waals surface area contributed by atoms with Gasteiger partial charge in [0.2, 0.25) is 0 Å². The molecule has 1 aromatic rings. The lowest BCUT2D eigenvalue weighted by molar-refractivity contribution is -0.00806. The highest BCUT2D eigenvalue weighted by Gasteiger charge is 2.25. The fraction of sp³-hybridized carbons (Fsp3) is 0.778. The summed E-state index contributed by atoms with van der Waals surface area (Å²) >= 11 is 0. The van der Waals surface area contributed by atoms with Crippen LogP contribution in [0.5, 0.6) is 0 Å². The van der Waals surface area contributed by atoms with E-state index >= 15 is 0 Å². The number of rotatable bonds is 5. The Morgan fingerprint density at radius 3 is 2.69 bits per heavy atom. The monoisotopic (exact) mass is 363 g/mol. The predicted octanol–water partition coefficient (Wildman–Crippen LogP) is 0.00630. The largest absolute Gasteiger partial charge is 0.370 e. The summed E-state index contributed by atoms with van der Waals surface area (Å²) in [5, 5.41) is 7.79. The number of nitrogens with one attached hydrogen (secondary N) is 1. The van der Waals surface area contributed by atoms with Gasteiger partial charge in [-0.25, -0.2) is 0 Å². The molecular weight excluding hydrogens is 330 g/mol. The fourth-order valence-electron chi connectivity index (χ4n) is 3.64. The molecule has 0 aromatic carbocycles. The number of nitrogens with zero attached hydrogens (tertiary/aromatic N) is 6. The SMILES string of the molecule is CCN1CCN(CCNC(=NC)N2CCOC(c3cnn(C)c3)C2)CC1. The summed E-state index contributed by atoms with van der Waals surface area (Å²) in [4.78, 5) is 11.8. The van der Waals surface area contributed by atoms with Crippen LogP contribution in [0.1, 0.15) is 18.6 Å². The zero-order valence-electron chi connectivity index (χ0n) is 16.4. The van der Waals surface area contributed by atoms with Crippen molar-refractivity contribution in [2.75, 3.05) is 72.6 Å². The van der Waals surface area contributed by atoms with E-state index in [4.69, 9.17) is 4.74 Å². The second kappa shape index (κ2) is 9.34. The lowest BCUT2D eigenvalue weighted by atomic mass is 10.1. The van der Waals surface area contributed by atoms with Gasteiger partial charge in [0.15, 0.2) is 5.96 Å². The topological polar surface area (TPSA) is 61.2 Å². The van der Waals surface area contributed by atoms with Crippen molar-refractivity contribution in [3.05, 3.63) is 18.0 Å². The van der Waals surface area contributed by atoms with Gasteiger partial charge < -0.3 is 19.9 Å². The molecule has 3 rings (SSSR count). The maximum absolute atomic E-state index is 5.93. The van der Waals surface area contributed by atoms with Crippen molar-refractivity contribution >= 4 is 5.96 Å². The summed E-state index contributed by atoms with van der Waals surface area (Å²) in [6, 6.07) is 0. The summed E-state index contributed by atoms with van der Waals surface area (Å²) in [5.74, 6) is 0.967. The third-order valence-corrected chi connectivity index (χ3v) is 5.30. The van der Waals surface area contributed by atoms with Gasteiger partial charge in [0, 0.05) is 71.7 Å². The minimum Gasteiger partial charge on any atom is -0.370 e. The Hall–Kier alpha value is -1.64.